The number of halogens is 3. The maximum absolute atomic E-state index is 15.9. The number of ketones is 1. The Morgan fingerprint density at radius 2 is 1.88 bits per heavy atom. The normalized spacial score (nSPS) is 27.3. The Kier molecular flexibility index (Phi) is 8.37. The number of nitrogens with one attached hydrogen (secondary N) is 2. The Morgan fingerprint density at radius 3 is 2.58 bits per heavy atom. The molecule has 0 aromatic heterocycles. The number of fused-ring (bicyclic) bond motifs is 2. The topological polar surface area (TPSA) is 61.4 Å². The van der Waals surface area contributed by atoms with Crippen LogP contribution in [0.25, 0.3) is 0 Å². The van der Waals surface area contributed by atoms with Gasteiger partial charge in [0.05, 0.1) is 11.1 Å². The first-order valence-electron chi connectivity index (χ1n) is 14.4. The van der Waals surface area contributed by atoms with Crippen molar-refractivity contribution in [3.8, 4) is 0 Å². The number of likely N-dealkylation sites (tertiary alicyclic amines) is 1. The second kappa shape index (κ2) is 11.4. The van der Waals surface area contributed by atoms with E-state index in [2.05, 4.69) is 43.4 Å². The molecule has 2 aromatic rings. The number of piperidine rings is 1. The summed E-state index contributed by atoms with van der Waals surface area (Å²) in [5.41, 5.74) is 0.287. The molecule has 8 heteroatoms. The number of Topliss-reactive ketones (excluding diaryl/α,β-unsaturated/α-hetero) is 1. The van der Waals surface area contributed by atoms with Crippen LogP contribution in [0.4, 0.5) is 10.1 Å². The fourth-order valence-corrected chi connectivity index (χ4v) is 7.63. The van der Waals surface area contributed by atoms with Crippen molar-refractivity contribution in [1.29, 1.82) is 0 Å². The molecule has 3 aliphatic heterocycles. The van der Waals surface area contributed by atoms with Gasteiger partial charge in [-0.1, -0.05) is 62.2 Å². The number of benzene rings is 2. The standard InChI is InChI=1S/C32H40Cl2FN3O2/c1-31(2,3)18-26-32(22-12-11-20(33)17-24(22)36-30(32)40)27(21-8-6-9-23(34)28(21)35)29(37-26)25(39)10-5-7-19-13-15-38(4)16-14-19/h6,8-9,11-12,17,19,26-27,29,37H,5,7,10,13-16,18H2,1-4H3,(H,36,40)/t26-,27+,29+,32+/m1/s1. The molecule has 2 N–H and O–H groups in total. The molecule has 2 aromatic carbocycles. The van der Waals surface area contributed by atoms with Gasteiger partial charge >= 0.3 is 0 Å². The summed E-state index contributed by atoms with van der Waals surface area (Å²) in [6.07, 6.45) is 5.08. The van der Waals surface area contributed by atoms with Crippen molar-refractivity contribution in [2.45, 2.75) is 82.7 Å². The summed E-state index contributed by atoms with van der Waals surface area (Å²) in [6, 6.07) is 9.10. The maximum Gasteiger partial charge on any atom is 0.237 e. The second-order valence-electron chi connectivity index (χ2n) is 13.2. The first kappa shape index (κ1) is 29.5. The quantitative estimate of drug-likeness (QED) is 0.367. The van der Waals surface area contributed by atoms with Crippen molar-refractivity contribution in [1.82, 2.24) is 10.2 Å². The Labute approximate surface area is 247 Å². The van der Waals surface area contributed by atoms with Crippen LogP contribution in [0.1, 0.15) is 76.3 Å². The molecule has 2 saturated heterocycles. The number of hydrogen-bond donors (Lipinski definition) is 2. The van der Waals surface area contributed by atoms with E-state index in [0.717, 1.165) is 44.3 Å². The van der Waals surface area contributed by atoms with Crippen LogP contribution in [-0.4, -0.2) is 48.8 Å². The minimum Gasteiger partial charge on any atom is -0.325 e. The molecule has 0 bridgehead atoms. The average Bonchev–Trinajstić information content (AvgIpc) is 3.35. The van der Waals surface area contributed by atoms with Crippen LogP contribution in [0.15, 0.2) is 36.4 Å². The minimum absolute atomic E-state index is 0.0169. The summed E-state index contributed by atoms with van der Waals surface area (Å²) in [4.78, 5) is 30.6. The molecule has 0 radical (unpaired) electrons. The summed E-state index contributed by atoms with van der Waals surface area (Å²) >= 11 is 12.6. The van der Waals surface area contributed by atoms with Gasteiger partial charge in [-0.15, -0.1) is 0 Å². The highest BCUT2D eigenvalue weighted by molar-refractivity contribution is 6.31. The van der Waals surface area contributed by atoms with E-state index in [0.29, 0.717) is 35.0 Å². The van der Waals surface area contributed by atoms with E-state index in [4.69, 9.17) is 23.2 Å². The van der Waals surface area contributed by atoms with E-state index >= 15 is 4.39 Å². The molecule has 0 unspecified atom stereocenters. The molecular formula is C32H40Cl2FN3O2. The van der Waals surface area contributed by atoms with Crippen LogP contribution >= 0.6 is 23.2 Å². The summed E-state index contributed by atoms with van der Waals surface area (Å²) in [6.45, 7) is 8.53. The number of carbonyl (C=O) groups excluding carboxylic acids is 2. The predicted octanol–water partition coefficient (Wildman–Crippen LogP) is 6.96. The highest BCUT2D eigenvalue weighted by Gasteiger charge is 2.65. The Bertz CT molecular complexity index is 1290. The molecule has 0 aliphatic carbocycles. The van der Waals surface area contributed by atoms with E-state index < -0.39 is 29.2 Å². The third kappa shape index (κ3) is 5.45. The monoisotopic (exact) mass is 587 g/mol. The average molecular weight is 589 g/mol. The zero-order valence-corrected chi connectivity index (χ0v) is 25.3. The predicted molar refractivity (Wildman–Crippen MR) is 160 cm³/mol. The van der Waals surface area contributed by atoms with Crippen LogP contribution < -0.4 is 10.6 Å². The number of amides is 1. The third-order valence-electron chi connectivity index (χ3n) is 9.16. The summed E-state index contributed by atoms with van der Waals surface area (Å²) < 4.78 is 15.9. The number of hydrogen-bond acceptors (Lipinski definition) is 4. The van der Waals surface area contributed by atoms with Gasteiger partial charge in [0.15, 0.2) is 0 Å². The first-order valence-corrected chi connectivity index (χ1v) is 15.2. The number of anilines is 1. The van der Waals surface area contributed by atoms with Crippen molar-refractivity contribution in [3.63, 3.8) is 0 Å². The van der Waals surface area contributed by atoms with E-state index in [9.17, 15) is 9.59 Å². The molecule has 1 spiro atoms. The van der Waals surface area contributed by atoms with E-state index in [1.165, 1.54) is 6.07 Å². The molecule has 40 heavy (non-hydrogen) atoms. The van der Waals surface area contributed by atoms with Gasteiger partial charge < -0.3 is 15.5 Å². The van der Waals surface area contributed by atoms with Crippen LogP contribution in [0.2, 0.25) is 10.0 Å². The first-order chi connectivity index (χ1) is 18.9. The largest absolute Gasteiger partial charge is 0.325 e. The fourth-order valence-electron chi connectivity index (χ4n) is 7.28. The van der Waals surface area contributed by atoms with Crippen molar-refractivity contribution < 1.29 is 14.0 Å². The van der Waals surface area contributed by atoms with E-state index in [1.54, 1.807) is 24.3 Å². The SMILES string of the molecule is CN1CCC(CCCC(=O)[C@@H]2N[C@H](CC(C)(C)C)[C@]3(C(=O)Nc4cc(Cl)ccc43)[C@H]2c2cccc(Cl)c2F)CC1. The van der Waals surface area contributed by atoms with Gasteiger partial charge in [-0.05, 0) is 92.9 Å². The summed E-state index contributed by atoms with van der Waals surface area (Å²) in [5, 5.41) is 7.11. The summed E-state index contributed by atoms with van der Waals surface area (Å²) in [5.74, 6) is -0.942. The molecule has 216 valence electrons. The molecule has 5 nitrogen and oxygen atoms in total. The van der Waals surface area contributed by atoms with Crippen LogP contribution in [0.3, 0.4) is 0 Å². The van der Waals surface area contributed by atoms with Gasteiger partial charge in [0.2, 0.25) is 5.91 Å². The highest BCUT2D eigenvalue weighted by Crippen LogP contribution is 2.57. The van der Waals surface area contributed by atoms with Crippen molar-refractivity contribution in [2.75, 3.05) is 25.5 Å². The lowest BCUT2D eigenvalue weighted by Crippen LogP contribution is -2.49. The minimum atomic E-state index is -1.20. The maximum atomic E-state index is 15.9. The number of rotatable bonds is 7. The van der Waals surface area contributed by atoms with Gasteiger partial charge in [0.1, 0.15) is 17.0 Å². The molecule has 1 amide bonds. The summed E-state index contributed by atoms with van der Waals surface area (Å²) in [7, 11) is 2.15. The molecule has 4 atom stereocenters. The zero-order chi connectivity index (χ0) is 28.8. The molecule has 2 fully saturated rings. The number of nitrogens with zero attached hydrogens (tertiary/aromatic N) is 1. The molecule has 3 heterocycles. The van der Waals surface area contributed by atoms with Gasteiger partial charge in [-0.2, -0.15) is 0 Å². The third-order valence-corrected chi connectivity index (χ3v) is 9.69. The molecular weight excluding hydrogens is 548 g/mol. The fraction of sp³-hybridized carbons (Fsp3) is 0.562. The Hall–Kier alpha value is -1.99. The number of carbonyl (C=O) groups is 2. The van der Waals surface area contributed by atoms with Crippen molar-refractivity contribution in [2.24, 2.45) is 11.3 Å². The van der Waals surface area contributed by atoms with Crippen LogP contribution in [0.5, 0.6) is 0 Å². The van der Waals surface area contributed by atoms with Gasteiger partial charge in [-0.25, -0.2) is 4.39 Å². The van der Waals surface area contributed by atoms with E-state index in [1.807, 2.05) is 6.07 Å². The smallest absolute Gasteiger partial charge is 0.237 e. The van der Waals surface area contributed by atoms with Gasteiger partial charge in [-0.3, -0.25) is 9.59 Å². The lowest BCUT2D eigenvalue weighted by atomic mass is 9.62. The van der Waals surface area contributed by atoms with Crippen LogP contribution in [0, 0.1) is 17.2 Å². The van der Waals surface area contributed by atoms with Gasteiger partial charge in [0.25, 0.3) is 0 Å². The second-order valence-corrected chi connectivity index (χ2v) is 14.0. The van der Waals surface area contributed by atoms with Crippen molar-refractivity contribution >= 4 is 40.6 Å². The Balaban J connectivity index is 1.56. The van der Waals surface area contributed by atoms with E-state index in [-0.39, 0.29) is 22.1 Å². The van der Waals surface area contributed by atoms with Gasteiger partial charge in [0, 0.05) is 29.1 Å². The lowest BCUT2D eigenvalue weighted by Gasteiger charge is -2.37. The van der Waals surface area contributed by atoms with Crippen molar-refractivity contribution in [3.05, 3.63) is 63.4 Å². The molecule has 5 rings (SSSR count). The highest BCUT2D eigenvalue weighted by atomic mass is 35.5. The van der Waals surface area contributed by atoms with Crippen LogP contribution in [-0.2, 0) is 15.0 Å². The Morgan fingerprint density at radius 1 is 1.15 bits per heavy atom. The zero-order valence-electron chi connectivity index (χ0n) is 23.8. The molecule has 0 saturated carbocycles. The molecule has 3 aliphatic rings. The lowest BCUT2D eigenvalue weighted by molar-refractivity contribution is -0.122.